The van der Waals surface area contributed by atoms with Crippen LogP contribution < -0.4 is 10.1 Å². The van der Waals surface area contributed by atoms with Gasteiger partial charge in [-0.1, -0.05) is 6.07 Å². The zero-order valence-electron chi connectivity index (χ0n) is 11.4. The molecule has 0 saturated heterocycles. The molecule has 2 heterocycles. The van der Waals surface area contributed by atoms with E-state index < -0.39 is 5.97 Å². The number of aromatic nitrogens is 2. The molecular formula is C14H11N3O4S. The molecule has 0 aliphatic heterocycles. The SMILES string of the molecule is COc1cccc(C(=O)Nc2n[nH]c3cc(C(=O)O)sc23)c1. The molecule has 3 aromatic rings. The Bertz CT molecular complexity index is 868. The molecule has 22 heavy (non-hydrogen) atoms. The largest absolute Gasteiger partial charge is 0.497 e. The average molecular weight is 317 g/mol. The molecule has 7 nitrogen and oxygen atoms in total. The number of aromatic carboxylic acids is 1. The van der Waals surface area contributed by atoms with Crippen LogP contribution >= 0.6 is 11.3 Å². The number of H-pyrrole nitrogens is 1. The fourth-order valence-electron chi connectivity index (χ4n) is 1.95. The van der Waals surface area contributed by atoms with E-state index >= 15 is 0 Å². The first kappa shape index (κ1) is 14.1. The van der Waals surface area contributed by atoms with Crippen molar-refractivity contribution in [2.75, 3.05) is 12.4 Å². The number of amides is 1. The van der Waals surface area contributed by atoms with Gasteiger partial charge in [-0.3, -0.25) is 9.89 Å². The maximum Gasteiger partial charge on any atom is 0.345 e. The summed E-state index contributed by atoms with van der Waals surface area (Å²) >= 11 is 1.05. The Labute approximate surface area is 128 Å². The van der Waals surface area contributed by atoms with Crippen molar-refractivity contribution in [2.24, 2.45) is 0 Å². The van der Waals surface area contributed by atoms with E-state index in [4.69, 9.17) is 9.84 Å². The number of hydrogen-bond acceptors (Lipinski definition) is 5. The maximum absolute atomic E-state index is 12.2. The molecule has 2 aromatic heterocycles. The third-order valence-electron chi connectivity index (χ3n) is 3.01. The lowest BCUT2D eigenvalue weighted by atomic mass is 10.2. The molecule has 3 N–H and O–H groups in total. The first-order chi connectivity index (χ1) is 10.6. The predicted octanol–water partition coefficient (Wildman–Crippen LogP) is 2.58. The Morgan fingerprint density at radius 3 is 2.91 bits per heavy atom. The Morgan fingerprint density at radius 1 is 1.36 bits per heavy atom. The Hall–Kier alpha value is -2.87. The molecule has 1 amide bonds. The fourth-order valence-corrected chi connectivity index (χ4v) is 2.84. The van der Waals surface area contributed by atoms with Gasteiger partial charge in [0, 0.05) is 5.56 Å². The number of rotatable bonds is 4. The molecule has 0 radical (unpaired) electrons. The second-order valence-corrected chi connectivity index (χ2v) is 5.47. The molecule has 0 atom stereocenters. The molecule has 0 unspecified atom stereocenters. The second kappa shape index (κ2) is 5.49. The first-order valence-electron chi connectivity index (χ1n) is 6.25. The summed E-state index contributed by atoms with van der Waals surface area (Å²) in [4.78, 5) is 23.4. The van der Waals surface area contributed by atoms with Gasteiger partial charge in [-0.25, -0.2) is 4.79 Å². The van der Waals surface area contributed by atoms with E-state index in [2.05, 4.69) is 15.5 Å². The van der Waals surface area contributed by atoms with Gasteiger partial charge in [-0.2, -0.15) is 5.10 Å². The van der Waals surface area contributed by atoms with Crippen LogP contribution in [-0.2, 0) is 0 Å². The average Bonchev–Trinajstić information content (AvgIpc) is 3.09. The molecule has 0 bridgehead atoms. The van der Waals surface area contributed by atoms with E-state index in [1.54, 1.807) is 24.3 Å². The van der Waals surface area contributed by atoms with Crippen LogP contribution in [0.3, 0.4) is 0 Å². The van der Waals surface area contributed by atoms with E-state index in [0.717, 1.165) is 11.3 Å². The van der Waals surface area contributed by atoms with Crippen molar-refractivity contribution in [3.8, 4) is 5.75 Å². The first-order valence-corrected chi connectivity index (χ1v) is 7.06. The van der Waals surface area contributed by atoms with Crippen LogP contribution in [-0.4, -0.2) is 34.3 Å². The number of ether oxygens (including phenoxy) is 1. The summed E-state index contributed by atoms with van der Waals surface area (Å²) in [7, 11) is 1.52. The number of carboxylic acids is 1. The van der Waals surface area contributed by atoms with Gasteiger partial charge in [0.1, 0.15) is 10.6 Å². The van der Waals surface area contributed by atoms with E-state index in [0.29, 0.717) is 27.3 Å². The van der Waals surface area contributed by atoms with Gasteiger partial charge in [0.15, 0.2) is 5.82 Å². The summed E-state index contributed by atoms with van der Waals surface area (Å²) in [5, 5.41) is 18.3. The van der Waals surface area contributed by atoms with Crippen molar-refractivity contribution in [1.82, 2.24) is 10.2 Å². The highest BCUT2D eigenvalue weighted by atomic mass is 32.1. The van der Waals surface area contributed by atoms with Crippen LogP contribution in [0.15, 0.2) is 30.3 Å². The van der Waals surface area contributed by atoms with Crippen molar-refractivity contribution in [3.05, 3.63) is 40.8 Å². The zero-order chi connectivity index (χ0) is 15.7. The molecular weight excluding hydrogens is 306 g/mol. The zero-order valence-corrected chi connectivity index (χ0v) is 12.2. The topological polar surface area (TPSA) is 104 Å². The van der Waals surface area contributed by atoms with E-state index in [-0.39, 0.29) is 10.8 Å². The van der Waals surface area contributed by atoms with Gasteiger partial charge >= 0.3 is 5.97 Å². The lowest BCUT2D eigenvalue weighted by Gasteiger charge is -2.04. The molecule has 112 valence electrons. The highest BCUT2D eigenvalue weighted by Crippen LogP contribution is 2.30. The number of nitrogens with one attached hydrogen (secondary N) is 2. The maximum atomic E-state index is 12.2. The molecule has 8 heteroatoms. The standard InChI is InChI=1S/C14H11N3O4S/c1-21-8-4-2-3-7(5-8)13(18)15-12-11-9(16-17-12)6-10(22-11)14(19)20/h2-6H,1H3,(H,19,20)(H2,15,16,17,18). The molecule has 0 spiro atoms. The summed E-state index contributed by atoms with van der Waals surface area (Å²) in [6, 6.07) is 8.19. The minimum Gasteiger partial charge on any atom is -0.497 e. The quantitative estimate of drug-likeness (QED) is 0.686. The highest BCUT2D eigenvalue weighted by Gasteiger charge is 2.16. The number of benzene rings is 1. The summed E-state index contributed by atoms with van der Waals surface area (Å²) < 4.78 is 5.67. The van der Waals surface area contributed by atoms with Crippen molar-refractivity contribution < 1.29 is 19.4 Å². The Kier molecular flexibility index (Phi) is 3.51. The third-order valence-corrected chi connectivity index (χ3v) is 4.14. The Balaban J connectivity index is 1.88. The fraction of sp³-hybridized carbons (Fsp3) is 0.0714. The number of carbonyl (C=O) groups is 2. The minimum absolute atomic E-state index is 0.181. The van der Waals surface area contributed by atoms with Crippen LogP contribution in [0.25, 0.3) is 10.2 Å². The molecule has 0 aliphatic rings. The predicted molar refractivity (Wildman–Crippen MR) is 81.9 cm³/mol. The summed E-state index contributed by atoms with van der Waals surface area (Å²) in [5.74, 6) is -0.485. The van der Waals surface area contributed by atoms with Crippen molar-refractivity contribution in [3.63, 3.8) is 0 Å². The van der Waals surface area contributed by atoms with Crippen LogP contribution in [0.2, 0.25) is 0 Å². The van der Waals surface area contributed by atoms with Crippen molar-refractivity contribution >= 4 is 39.2 Å². The normalized spacial score (nSPS) is 10.6. The number of aromatic amines is 1. The lowest BCUT2D eigenvalue weighted by molar-refractivity contribution is 0.0702. The van der Waals surface area contributed by atoms with E-state index in [1.165, 1.54) is 13.2 Å². The molecule has 0 saturated carbocycles. The second-order valence-electron chi connectivity index (χ2n) is 4.42. The number of thiophene rings is 1. The molecule has 1 aromatic carbocycles. The number of carboxylic acid groups (broad SMARTS) is 1. The number of anilines is 1. The summed E-state index contributed by atoms with van der Waals surface area (Å²) in [5.41, 5.74) is 0.994. The number of methoxy groups -OCH3 is 1. The van der Waals surface area contributed by atoms with Gasteiger partial charge in [-0.05, 0) is 24.3 Å². The van der Waals surface area contributed by atoms with Crippen molar-refractivity contribution in [1.29, 1.82) is 0 Å². The van der Waals surface area contributed by atoms with Gasteiger partial charge in [0.2, 0.25) is 0 Å². The van der Waals surface area contributed by atoms with Gasteiger partial charge in [0.05, 0.1) is 17.3 Å². The number of fused-ring (bicyclic) bond motifs is 1. The summed E-state index contributed by atoms with van der Waals surface area (Å²) in [6.45, 7) is 0. The van der Waals surface area contributed by atoms with Gasteiger partial charge < -0.3 is 15.2 Å². The number of hydrogen-bond donors (Lipinski definition) is 3. The summed E-state index contributed by atoms with van der Waals surface area (Å²) in [6.07, 6.45) is 0. The van der Waals surface area contributed by atoms with E-state index in [1.807, 2.05) is 0 Å². The van der Waals surface area contributed by atoms with Gasteiger partial charge in [-0.15, -0.1) is 11.3 Å². The number of nitrogens with zero attached hydrogens (tertiary/aromatic N) is 1. The number of carbonyl (C=O) groups excluding carboxylic acids is 1. The highest BCUT2D eigenvalue weighted by molar-refractivity contribution is 7.21. The van der Waals surface area contributed by atoms with Crippen LogP contribution in [0.4, 0.5) is 5.82 Å². The van der Waals surface area contributed by atoms with Crippen LogP contribution in [0.5, 0.6) is 5.75 Å². The molecule has 3 rings (SSSR count). The van der Waals surface area contributed by atoms with Crippen molar-refractivity contribution in [2.45, 2.75) is 0 Å². The van der Waals surface area contributed by atoms with E-state index in [9.17, 15) is 9.59 Å². The smallest absolute Gasteiger partial charge is 0.345 e. The van der Waals surface area contributed by atoms with Crippen LogP contribution in [0.1, 0.15) is 20.0 Å². The lowest BCUT2D eigenvalue weighted by Crippen LogP contribution is -2.12. The van der Waals surface area contributed by atoms with Crippen LogP contribution in [0, 0.1) is 0 Å². The third kappa shape index (κ3) is 2.51. The minimum atomic E-state index is -1.01. The van der Waals surface area contributed by atoms with Gasteiger partial charge in [0.25, 0.3) is 5.91 Å². The molecule has 0 aliphatic carbocycles. The molecule has 0 fully saturated rings. The Morgan fingerprint density at radius 2 is 2.18 bits per heavy atom. The monoisotopic (exact) mass is 317 g/mol.